The summed E-state index contributed by atoms with van der Waals surface area (Å²) in [7, 11) is -5.84. The van der Waals surface area contributed by atoms with Crippen molar-refractivity contribution in [3.8, 4) is 0 Å². The summed E-state index contributed by atoms with van der Waals surface area (Å²) in [6.45, 7) is 34.8. The van der Waals surface area contributed by atoms with E-state index in [1.54, 1.807) is 24.0 Å². The number of aliphatic imine (C=N–C) groups is 1. The summed E-state index contributed by atoms with van der Waals surface area (Å²) in [4.78, 5) is 90.5. The van der Waals surface area contributed by atoms with Crippen LogP contribution in [0.4, 0.5) is 16.2 Å². The predicted octanol–water partition coefficient (Wildman–Crippen LogP) is 14.5. The molecule has 0 radical (unpaired) electrons. The summed E-state index contributed by atoms with van der Waals surface area (Å²) >= 11 is 1.26. The van der Waals surface area contributed by atoms with Crippen LogP contribution in [0, 0.1) is 32.1 Å². The normalized spacial score (nSPS) is 17.7. The standard InChI is InChI=1S/C62H103N8O11PSSi/c1-15-21-36-65(37-22-16-2)82(66(38-23-17-3)39-24-18-4,67(40-25-19-5)41-26-20-6)59(60(73)79-45-50-27-31-53(32-28-50)69(75)76)68-55(57(58(68)72)47(7)81-84(13,14)62(10,11)12)43-56(71)83-48(8)52-35-42-64(44-52)49(9)63-61(74)80-46-51-29-33-54(34-30-51)70(77)78/h27-34,47-48,52,55,57H,15-26,35-46H2,1-14H3. The first-order valence-corrected chi connectivity index (χ1v) is 36.6. The minimum atomic E-state index is -3.34. The van der Waals surface area contributed by atoms with Gasteiger partial charge in [-0.3, -0.25) is 48.7 Å². The first-order chi connectivity index (χ1) is 39.9. The highest BCUT2D eigenvalue weighted by molar-refractivity contribution is 8.14. The number of amidine groups is 1. The Morgan fingerprint density at radius 1 is 0.726 bits per heavy atom. The Bertz CT molecular complexity index is 2470. The number of carbonyl (C=O) groups excluding carboxylic acids is 4. The number of nitrogens with zero attached hydrogens (tertiary/aromatic N) is 8. The van der Waals surface area contributed by atoms with Gasteiger partial charge in [0.05, 0.1) is 27.9 Å². The number of rotatable bonds is 36. The molecule has 2 aromatic carbocycles. The lowest BCUT2D eigenvalue weighted by molar-refractivity contribution is -0.385. The highest BCUT2D eigenvalue weighted by Crippen LogP contribution is 2.62. The van der Waals surface area contributed by atoms with Crippen LogP contribution in [0.2, 0.25) is 18.1 Å². The number of nitro groups is 2. The number of amides is 2. The van der Waals surface area contributed by atoms with Crippen molar-refractivity contribution < 1.29 is 42.9 Å². The minimum Gasteiger partial charge on any atom is -0.456 e. The zero-order chi connectivity index (χ0) is 62.4. The molecule has 22 heteroatoms. The van der Waals surface area contributed by atoms with Gasteiger partial charge in [0.1, 0.15) is 26.4 Å². The number of hydrogen-bond acceptors (Lipinski definition) is 15. The maximum Gasteiger partial charge on any atom is 0.435 e. The number of likely N-dealkylation sites (tertiary alicyclic amines) is 2. The fraction of sp³-hybridized carbons (Fsp3) is 0.710. The van der Waals surface area contributed by atoms with E-state index in [0.717, 1.165) is 83.5 Å². The van der Waals surface area contributed by atoms with Crippen molar-refractivity contribution in [2.45, 2.75) is 222 Å². The highest BCUT2D eigenvalue weighted by Gasteiger charge is 2.59. The average Bonchev–Trinajstić information content (AvgIpc) is 1.49. The SMILES string of the molecule is CCCCN(CCCC)P(=C(C(=O)OCc1ccc([N+](=O)[O-])cc1)N1C(=O)C(C(C)O[Si](C)(C)C(C)(C)C)C1CC(=O)SC(C)C1CCN(C(C)=NC(=O)OCc2ccc([N+](=O)[O-])cc2)C1)(N(CCCC)CCCC)N(CCCC)CCCC. The van der Waals surface area contributed by atoms with Crippen molar-refractivity contribution in [3.05, 3.63) is 79.9 Å². The molecule has 2 aliphatic heterocycles. The second-order valence-corrected chi connectivity index (χ2v) is 33.7. The van der Waals surface area contributed by atoms with Crippen LogP contribution in [-0.2, 0) is 41.5 Å². The Hall–Kier alpha value is -4.50. The van der Waals surface area contributed by atoms with Gasteiger partial charge in [0, 0.05) is 88.3 Å². The van der Waals surface area contributed by atoms with Crippen LogP contribution in [-0.4, -0.2) is 146 Å². The molecule has 0 spiro atoms. The maximum atomic E-state index is 16.4. The first kappa shape index (κ1) is 72.0. The van der Waals surface area contributed by atoms with Crippen molar-refractivity contribution >= 4 is 73.1 Å². The summed E-state index contributed by atoms with van der Waals surface area (Å²) in [5.41, 5.74) is 1.35. The van der Waals surface area contributed by atoms with E-state index in [1.165, 1.54) is 48.2 Å². The van der Waals surface area contributed by atoms with Gasteiger partial charge in [-0.1, -0.05) is 120 Å². The Morgan fingerprint density at radius 3 is 1.54 bits per heavy atom. The van der Waals surface area contributed by atoms with Crippen LogP contribution in [0.3, 0.4) is 0 Å². The number of esters is 1. The number of benzene rings is 2. The largest absolute Gasteiger partial charge is 0.456 e. The van der Waals surface area contributed by atoms with Gasteiger partial charge in [0.2, 0.25) is 5.91 Å². The van der Waals surface area contributed by atoms with Gasteiger partial charge in [0.15, 0.2) is 18.9 Å². The van der Waals surface area contributed by atoms with Gasteiger partial charge in [-0.05, 0) is 118 Å². The van der Waals surface area contributed by atoms with E-state index in [2.05, 4.69) is 94.4 Å². The number of β-lactam (4-membered cyclic amide) rings is 1. The van der Waals surface area contributed by atoms with E-state index in [4.69, 9.17) is 13.9 Å². The van der Waals surface area contributed by atoms with E-state index in [9.17, 15) is 25.0 Å². The third-order valence-corrected chi connectivity index (χ3v) is 27.2. The molecule has 2 saturated heterocycles. The van der Waals surface area contributed by atoms with Gasteiger partial charge in [-0.2, -0.15) is 4.99 Å². The number of nitro benzene ring substituents is 2. The molecule has 472 valence electrons. The molecule has 0 saturated carbocycles. The zero-order valence-electron chi connectivity index (χ0n) is 53.4. The maximum absolute atomic E-state index is 16.4. The number of unbranched alkanes of at least 4 members (excludes halogenated alkanes) is 6. The third-order valence-electron chi connectivity index (χ3n) is 16.9. The topological polar surface area (TPSA) is 211 Å². The van der Waals surface area contributed by atoms with Crippen LogP contribution in [0.15, 0.2) is 53.5 Å². The number of ether oxygens (including phenoxy) is 2. The van der Waals surface area contributed by atoms with E-state index in [0.29, 0.717) is 74.7 Å². The Labute approximate surface area is 508 Å². The molecule has 0 bridgehead atoms. The van der Waals surface area contributed by atoms with Crippen molar-refractivity contribution in [1.82, 2.24) is 23.8 Å². The number of thioether (sulfide) groups is 1. The monoisotopic (exact) mass is 1230 g/mol. The van der Waals surface area contributed by atoms with Crippen molar-refractivity contribution in [1.29, 1.82) is 0 Å². The van der Waals surface area contributed by atoms with Gasteiger partial charge < -0.3 is 18.8 Å². The second kappa shape index (κ2) is 34.7. The fourth-order valence-electron chi connectivity index (χ4n) is 10.8. The zero-order valence-corrected chi connectivity index (χ0v) is 56.1. The molecule has 5 unspecified atom stereocenters. The number of carbonyl (C=O) groups is 4. The molecular weight excluding hydrogens is 1120 g/mol. The van der Waals surface area contributed by atoms with Crippen LogP contribution in [0.1, 0.15) is 184 Å². The van der Waals surface area contributed by atoms with Crippen LogP contribution in [0.5, 0.6) is 0 Å². The number of non-ortho nitro benzene ring substituents is 2. The lowest BCUT2D eigenvalue weighted by Gasteiger charge is -2.57. The van der Waals surface area contributed by atoms with E-state index >= 15 is 14.4 Å². The lowest BCUT2D eigenvalue weighted by atomic mass is 9.81. The fourth-order valence-corrected chi connectivity index (χ4v) is 18.6. The lowest BCUT2D eigenvalue weighted by Crippen LogP contribution is -2.70. The Morgan fingerprint density at radius 2 is 1.14 bits per heavy atom. The van der Waals surface area contributed by atoms with Gasteiger partial charge in [-0.15, -0.1) is 0 Å². The first-order valence-electron chi connectivity index (χ1n) is 31.2. The van der Waals surface area contributed by atoms with Crippen molar-refractivity contribution in [2.75, 3.05) is 52.4 Å². The molecule has 2 aliphatic rings. The van der Waals surface area contributed by atoms with Crippen LogP contribution in [0.25, 0.3) is 0 Å². The number of hydrogen-bond donors (Lipinski definition) is 0. The Kier molecular flexibility index (Phi) is 29.8. The molecule has 4 rings (SSSR count). The molecule has 0 N–H and O–H groups in total. The summed E-state index contributed by atoms with van der Waals surface area (Å²) in [5, 5.41) is 22.4. The summed E-state index contributed by atoms with van der Waals surface area (Å²) in [6.07, 6.45) is 10.0. The Balaban J connectivity index is 1.96. The molecule has 19 nitrogen and oxygen atoms in total. The van der Waals surface area contributed by atoms with Gasteiger partial charge >= 0.3 is 12.1 Å². The minimum absolute atomic E-state index is 0.0367. The third kappa shape index (κ3) is 19.5. The van der Waals surface area contributed by atoms with Crippen molar-refractivity contribution in [3.63, 3.8) is 0 Å². The van der Waals surface area contributed by atoms with Gasteiger partial charge in [0.25, 0.3) is 11.4 Å². The molecule has 2 fully saturated rings. The molecule has 0 aliphatic carbocycles. The smallest absolute Gasteiger partial charge is 0.435 e. The highest BCUT2D eigenvalue weighted by atomic mass is 32.2. The van der Waals surface area contributed by atoms with E-state index < -0.39 is 55.6 Å². The summed E-state index contributed by atoms with van der Waals surface area (Å²) < 4.78 is 26.9. The van der Waals surface area contributed by atoms with Gasteiger partial charge in [-0.25, -0.2) is 9.59 Å². The average molecular weight is 1230 g/mol. The molecule has 84 heavy (non-hydrogen) atoms. The molecule has 2 amide bonds. The van der Waals surface area contributed by atoms with E-state index in [-0.39, 0.29) is 58.2 Å². The molecule has 5 atom stereocenters. The predicted molar refractivity (Wildman–Crippen MR) is 344 cm³/mol. The molecule has 2 heterocycles. The second-order valence-electron chi connectivity index (χ2n) is 24.3. The van der Waals surface area contributed by atoms with Crippen LogP contribution < -0.4 is 0 Å². The molecular formula is C62H103N8O11PSSi. The summed E-state index contributed by atoms with van der Waals surface area (Å²) in [6, 6.07) is 11.1. The van der Waals surface area contributed by atoms with Crippen LogP contribution >= 0.6 is 19.1 Å². The van der Waals surface area contributed by atoms with Crippen molar-refractivity contribution in [2.24, 2.45) is 16.8 Å². The summed E-state index contributed by atoms with van der Waals surface area (Å²) in [5.74, 6) is -1.08. The van der Waals surface area contributed by atoms with E-state index in [1.807, 2.05) is 18.7 Å². The quantitative estimate of drug-likeness (QED) is 0.00907. The molecule has 0 aromatic heterocycles. The molecule has 2 aromatic rings.